The van der Waals surface area contributed by atoms with Gasteiger partial charge in [0.05, 0.1) is 12.7 Å². The Morgan fingerprint density at radius 1 is 1.25 bits per heavy atom. The summed E-state index contributed by atoms with van der Waals surface area (Å²) in [5.74, 6) is 0.986. The number of rotatable bonds is 5. The van der Waals surface area contributed by atoms with Crippen LogP contribution in [0.4, 0.5) is 0 Å². The van der Waals surface area contributed by atoms with Crippen LogP contribution in [0.5, 0.6) is 11.5 Å². The van der Waals surface area contributed by atoms with Gasteiger partial charge in [-0.05, 0) is 29.8 Å². The lowest BCUT2D eigenvalue weighted by atomic mass is 10.1. The smallest absolute Gasteiger partial charge is 0.172 e. The maximum absolute atomic E-state index is 7.56. The van der Waals surface area contributed by atoms with Crippen molar-refractivity contribution in [1.82, 2.24) is 4.98 Å². The van der Waals surface area contributed by atoms with E-state index in [2.05, 4.69) is 4.98 Å². The second kappa shape index (κ2) is 7.35. The van der Waals surface area contributed by atoms with Crippen LogP contribution < -0.4 is 15.2 Å². The number of nitrogens with two attached hydrogens (primary N) is 1. The molecule has 20 heavy (non-hydrogen) atoms. The fourth-order valence-corrected chi connectivity index (χ4v) is 1.67. The molecule has 0 aliphatic rings. The molecule has 0 bridgehead atoms. The molecule has 0 saturated heterocycles. The molecule has 3 N–H and O–H groups in total. The number of ether oxygens (including phenoxy) is 2. The SMILES string of the molecule is COc1cccc(C(=N)N)c1OCc1ccncc1.Cl. The topological polar surface area (TPSA) is 81.2 Å². The molecule has 0 aliphatic carbocycles. The van der Waals surface area contributed by atoms with Gasteiger partial charge in [-0.25, -0.2) is 0 Å². The number of nitrogens with one attached hydrogen (secondary N) is 1. The average Bonchev–Trinajstić information content (AvgIpc) is 2.45. The molecule has 0 fully saturated rings. The molecule has 5 nitrogen and oxygen atoms in total. The lowest BCUT2D eigenvalue weighted by Crippen LogP contribution is -2.13. The van der Waals surface area contributed by atoms with Gasteiger partial charge in [-0.15, -0.1) is 12.4 Å². The molecule has 0 radical (unpaired) electrons. The highest BCUT2D eigenvalue weighted by atomic mass is 35.5. The first kappa shape index (κ1) is 15.8. The zero-order valence-electron chi connectivity index (χ0n) is 11.0. The van der Waals surface area contributed by atoms with Crippen molar-refractivity contribution in [3.63, 3.8) is 0 Å². The summed E-state index contributed by atoms with van der Waals surface area (Å²) in [5, 5.41) is 7.56. The van der Waals surface area contributed by atoms with E-state index in [1.54, 1.807) is 37.7 Å². The Bertz CT molecular complexity index is 576. The van der Waals surface area contributed by atoms with Crippen LogP contribution >= 0.6 is 12.4 Å². The van der Waals surface area contributed by atoms with Gasteiger partial charge in [0, 0.05) is 12.4 Å². The van der Waals surface area contributed by atoms with E-state index in [-0.39, 0.29) is 18.2 Å². The normalized spacial score (nSPS) is 9.45. The van der Waals surface area contributed by atoms with Gasteiger partial charge in [0.1, 0.15) is 12.4 Å². The minimum atomic E-state index is -0.0522. The number of nitrogen functional groups attached to an aromatic ring is 1. The highest BCUT2D eigenvalue weighted by Gasteiger charge is 2.12. The number of nitrogens with zero attached hydrogens (tertiary/aromatic N) is 1. The summed E-state index contributed by atoms with van der Waals surface area (Å²) in [6, 6.07) is 9.00. The zero-order valence-corrected chi connectivity index (χ0v) is 11.8. The van der Waals surface area contributed by atoms with Crippen molar-refractivity contribution in [2.45, 2.75) is 6.61 Å². The average molecular weight is 294 g/mol. The van der Waals surface area contributed by atoms with Crippen LogP contribution in [0.15, 0.2) is 42.7 Å². The highest BCUT2D eigenvalue weighted by molar-refractivity contribution is 5.98. The largest absolute Gasteiger partial charge is 0.493 e. The van der Waals surface area contributed by atoms with Crippen molar-refractivity contribution in [1.29, 1.82) is 5.41 Å². The van der Waals surface area contributed by atoms with Crippen LogP contribution in [0.3, 0.4) is 0 Å². The summed E-state index contributed by atoms with van der Waals surface area (Å²) in [5.41, 5.74) is 7.05. The summed E-state index contributed by atoms with van der Waals surface area (Å²) in [4.78, 5) is 3.95. The molecule has 1 heterocycles. The summed E-state index contributed by atoms with van der Waals surface area (Å²) >= 11 is 0. The van der Waals surface area contributed by atoms with Gasteiger partial charge in [0.25, 0.3) is 0 Å². The Balaban J connectivity index is 0.00000200. The van der Waals surface area contributed by atoms with E-state index in [1.807, 2.05) is 12.1 Å². The van der Waals surface area contributed by atoms with E-state index >= 15 is 0 Å². The van der Waals surface area contributed by atoms with Crippen molar-refractivity contribution in [3.8, 4) is 11.5 Å². The zero-order chi connectivity index (χ0) is 13.7. The van der Waals surface area contributed by atoms with Gasteiger partial charge in [-0.2, -0.15) is 0 Å². The maximum Gasteiger partial charge on any atom is 0.172 e. The third-order valence-electron chi connectivity index (χ3n) is 2.62. The standard InChI is InChI=1S/C14H15N3O2.ClH/c1-18-12-4-2-3-11(14(15)16)13(12)19-9-10-5-7-17-8-6-10;/h2-8H,9H2,1H3,(H3,15,16);1H. The molecule has 6 heteroatoms. The maximum atomic E-state index is 7.56. The number of amidine groups is 1. The summed E-state index contributed by atoms with van der Waals surface area (Å²) < 4.78 is 11.0. The molecule has 0 saturated carbocycles. The van der Waals surface area contributed by atoms with Gasteiger partial charge in [-0.1, -0.05) is 6.07 Å². The lowest BCUT2D eigenvalue weighted by Gasteiger charge is -2.14. The number of methoxy groups -OCH3 is 1. The molecule has 0 unspecified atom stereocenters. The Morgan fingerprint density at radius 3 is 2.55 bits per heavy atom. The molecule has 0 aliphatic heterocycles. The Hall–Kier alpha value is -2.27. The molecule has 1 aromatic heterocycles. The van der Waals surface area contributed by atoms with Crippen molar-refractivity contribution < 1.29 is 9.47 Å². The van der Waals surface area contributed by atoms with Crippen LogP contribution in [-0.2, 0) is 6.61 Å². The first-order valence-electron chi connectivity index (χ1n) is 5.75. The number of hydrogen-bond donors (Lipinski definition) is 2. The van der Waals surface area contributed by atoms with Gasteiger partial charge < -0.3 is 15.2 Å². The van der Waals surface area contributed by atoms with E-state index in [1.165, 1.54) is 0 Å². The van der Waals surface area contributed by atoms with Gasteiger partial charge in [0.15, 0.2) is 11.5 Å². The van der Waals surface area contributed by atoms with Gasteiger partial charge in [-0.3, -0.25) is 10.4 Å². The van der Waals surface area contributed by atoms with Gasteiger partial charge in [0.2, 0.25) is 0 Å². The third kappa shape index (κ3) is 3.61. The number of benzene rings is 1. The number of pyridine rings is 1. The predicted octanol–water partition coefficient (Wildman–Crippen LogP) is 2.38. The second-order valence-corrected chi connectivity index (χ2v) is 3.89. The van der Waals surface area contributed by atoms with Crippen LogP contribution in [0.1, 0.15) is 11.1 Å². The van der Waals surface area contributed by atoms with Crippen molar-refractivity contribution in [2.75, 3.05) is 7.11 Å². The lowest BCUT2D eigenvalue weighted by molar-refractivity contribution is 0.284. The van der Waals surface area contributed by atoms with Crippen LogP contribution in [-0.4, -0.2) is 17.9 Å². The quantitative estimate of drug-likeness (QED) is 0.655. The van der Waals surface area contributed by atoms with Crippen LogP contribution in [0.2, 0.25) is 0 Å². The Morgan fingerprint density at radius 2 is 1.95 bits per heavy atom. The van der Waals surface area contributed by atoms with E-state index in [0.29, 0.717) is 23.7 Å². The molecule has 2 rings (SSSR count). The monoisotopic (exact) mass is 293 g/mol. The highest BCUT2D eigenvalue weighted by Crippen LogP contribution is 2.31. The number of halogens is 1. The van der Waals surface area contributed by atoms with Crippen molar-refractivity contribution >= 4 is 18.2 Å². The van der Waals surface area contributed by atoms with Crippen LogP contribution in [0.25, 0.3) is 0 Å². The van der Waals surface area contributed by atoms with E-state index in [9.17, 15) is 0 Å². The molecular formula is C14H16ClN3O2. The fraction of sp³-hybridized carbons (Fsp3) is 0.143. The van der Waals surface area contributed by atoms with E-state index in [4.69, 9.17) is 20.6 Å². The first-order chi connectivity index (χ1) is 9.22. The summed E-state index contributed by atoms with van der Waals surface area (Å²) in [7, 11) is 1.55. The van der Waals surface area contributed by atoms with E-state index in [0.717, 1.165) is 5.56 Å². The minimum absolute atomic E-state index is 0. The number of hydrogen-bond acceptors (Lipinski definition) is 4. The molecule has 0 amide bonds. The number of aromatic nitrogens is 1. The van der Waals surface area contributed by atoms with Crippen molar-refractivity contribution in [3.05, 3.63) is 53.9 Å². The second-order valence-electron chi connectivity index (χ2n) is 3.89. The Kier molecular flexibility index (Phi) is 5.80. The molecule has 0 spiro atoms. The Labute approximate surface area is 123 Å². The van der Waals surface area contributed by atoms with E-state index < -0.39 is 0 Å². The molecule has 2 aromatic rings. The molecular weight excluding hydrogens is 278 g/mol. The summed E-state index contributed by atoms with van der Waals surface area (Å²) in [6.07, 6.45) is 3.40. The van der Waals surface area contributed by atoms with Crippen molar-refractivity contribution in [2.24, 2.45) is 5.73 Å². The number of para-hydroxylation sites is 1. The first-order valence-corrected chi connectivity index (χ1v) is 5.75. The molecule has 0 atom stereocenters. The third-order valence-corrected chi connectivity index (χ3v) is 2.62. The van der Waals surface area contributed by atoms with Gasteiger partial charge >= 0.3 is 0 Å². The predicted molar refractivity (Wildman–Crippen MR) is 79.8 cm³/mol. The van der Waals surface area contributed by atoms with Crippen LogP contribution in [0, 0.1) is 5.41 Å². The molecule has 106 valence electrons. The fourth-order valence-electron chi connectivity index (χ4n) is 1.67. The summed E-state index contributed by atoms with van der Waals surface area (Å²) in [6.45, 7) is 0.364. The minimum Gasteiger partial charge on any atom is -0.493 e. The molecule has 1 aromatic carbocycles.